The van der Waals surface area contributed by atoms with Crippen LogP contribution in [0.2, 0.25) is 0 Å². The zero-order valence-electron chi connectivity index (χ0n) is 13.1. The molecule has 0 saturated carbocycles. The Bertz CT molecular complexity index is 728. The minimum Gasteiger partial charge on any atom is -0.480 e. The summed E-state index contributed by atoms with van der Waals surface area (Å²) in [5.41, 5.74) is 1.91. The molecule has 0 aliphatic rings. The molecule has 6 heteroatoms. The molecular formula is C18H17NO4S. The molecule has 124 valence electrons. The van der Waals surface area contributed by atoms with Crippen LogP contribution in [0.4, 0.5) is 5.69 Å². The molecule has 2 rings (SSSR count). The zero-order chi connectivity index (χ0) is 17.5. The van der Waals surface area contributed by atoms with E-state index in [1.54, 1.807) is 54.6 Å². The van der Waals surface area contributed by atoms with Crippen LogP contribution in [-0.4, -0.2) is 27.3 Å². The fraction of sp³-hybridized carbons (Fsp3) is 0.167. The number of thioether (sulfide) groups is 1. The smallest absolute Gasteiger partial charge is 0.317 e. The van der Waals surface area contributed by atoms with Crippen molar-refractivity contribution in [2.45, 2.75) is 18.6 Å². The number of benzene rings is 2. The quantitative estimate of drug-likeness (QED) is 0.841. The molecule has 2 N–H and O–H groups in total. The summed E-state index contributed by atoms with van der Waals surface area (Å²) < 4.78 is 0. The summed E-state index contributed by atoms with van der Waals surface area (Å²) in [5, 5.41) is 10.9. The van der Waals surface area contributed by atoms with Gasteiger partial charge < -0.3 is 10.4 Å². The van der Waals surface area contributed by atoms with Crippen molar-refractivity contribution in [3.63, 3.8) is 0 Å². The summed E-state index contributed by atoms with van der Waals surface area (Å²) >= 11 is 0.807. The van der Waals surface area contributed by atoms with Crippen LogP contribution in [0.1, 0.15) is 22.8 Å². The summed E-state index contributed by atoms with van der Waals surface area (Å²) in [6.07, 6.45) is 0.221. The van der Waals surface area contributed by atoms with Gasteiger partial charge in [-0.15, -0.1) is 0 Å². The molecule has 0 aliphatic heterocycles. The van der Waals surface area contributed by atoms with Crippen LogP contribution in [0.25, 0.3) is 0 Å². The molecule has 0 spiro atoms. The highest BCUT2D eigenvalue weighted by molar-refractivity contribution is 8.15. The Kier molecular flexibility index (Phi) is 6.14. The Balaban J connectivity index is 2.04. The first-order valence-electron chi connectivity index (χ1n) is 7.31. The maximum absolute atomic E-state index is 12.2. The van der Waals surface area contributed by atoms with E-state index in [0.717, 1.165) is 17.3 Å². The Morgan fingerprint density at radius 1 is 1.04 bits per heavy atom. The third-order valence-corrected chi connectivity index (χ3v) is 4.33. The van der Waals surface area contributed by atoms with Gasteiger partial charge in [-0.2, -0.15) is 0 Å². The first kappa shape index (κ1) is 17.7. The van der Waals surface area contributed by atoms with Gasteiger partial charge in [-0.25, -0.2) is 0 Å². The Hall–Kier alpha value is -2.60. The van der Waals surface area contributed by atoms with Gasteiger partial charge in [0.05, 0.1) is 0 Å². The van der Waals surface area contributed by atoms with Crippen LogP contribution in [-0.2, 0) is 16.0 Å². The Morgan fingerprint density at radius 3 is 2.21 bits per heavy atom. The lowest BCUT2D eigenvalue weighted by Crippen LogP contribution is -2.21. The van der Waals surface area contributed by atoms with Gasteiger partial charge in [0.25, 0.3) is 0 Å². The molecule has 0 heterocycles. The predicted molar refractivity (Wildman–Crippen MR) is 94.2 cm³/mol. The summed E-state index contributed by atoms with van der Waals surface area (Å²) in [6.45, 7) is 1.42. The lowest BCUT2D eigenvalue weighted by atomic mass is 10.1. The maximum Gasteiger partial charge on any atom is 0.317 e. The van der Waals surface area contributed by atoms with Crippen molar-refractivity contribution in [3.8, 4) is 0 Å². The van der Waals surface area contributed by atoms with Crippen LogP contribution < -0.4 is 5.32 Å². The monoisotopic (exact) mass is 343 g/mol. The van der Waals surface area contributed by atoms with Crippen LogP contribution in [0.5, 0.6) is 0 Å². The van der Waals surface area contributed by atoms with Crippen molar-refractivity contribution < 1.29 is 19.5 Å². The van der Waals surface area contributed by atoms with E-state index in [4.69, 9.17) is 0 Å². The minimum absolute atomic E-state index is 0.171. The van der Waals surface area contributed by atoms with Gasteiger partial charge in [0.2, 0.25) is 11.0 Å². The number of rotatable bonds is 6. The molecule has 5 nitrogen and oxygen atoms in total. The molecule has 1 atom stereocenters. The molecule has 0 aromatic heterocycles. The highest BCUT2D eigenvalue weighted by Gasteiger charge is 2.23. The summed E-state index contributed by atoms with van der Waals surface area (Å²) in [4.78, 5) is 34.6. The molecule has 0 bridgehead atoms. The van der Waals surface area contributed by atoms with Gasteiger partial charge in [0.1, 0.15) is 5.25 Å². The molecule has 2 aromatic rings. The maximum atomic E-state index is 12.2. The fourth-order valence-corrected chi connectivity index (χ4v) is 3.00. The number of hydrogen-bond acceptors (Lipinski definition) is 4. The minimum atomic E-state index is -1.03. The molecule has 0 aliphatic carbocycles. The van der Waals surface area contributed by atoms with E-state index in [1.807, 2.05) is 0 Å². The lowest BCUT2D eigenvalue weighted by Gasteiger charge is -2.12. The Labute approximate surface area is 144 Å². The van der Waals surface area contributed by atoms with E-state index < -0.39 is 11.2 Å². The molecule has 0 fully saturated rings. The molecule has 0 unspecified atom stereocenters. The van der Waals surface area contributed by atoms with Crippen molar-refractivity contribution >= 4 is 34.4 Å². The second-order valence-electron chi connectivity index (χ2n) is 5.18. The van der Waals surface area contributed by atoms with Gasteiger partial charge in [0.15, 0.2) is 0 Å². The normalized spacial score (nSPS) is 11.5. The van der Waals surface area contributed by atoms with Crippen molar-refractivity contribution in [1.82, 2.24) is 0 Å². The van der Waals surface area contributed by atoms with Gasteiger partial charge in [0, 0.05) is 18.2 Å². The lowest BCUT2D eigenvalue weighted by molar-refractivity contribution is -0.136. The second kappa shape index (κ2) is 8.31. The topological polar surface area (TPSA) is 83.5 Å². The molecule has 2 aromatic carbocycles. The second-order valence-corrected chi connectivity index (χ2v) is 6.36. The van der Waals surface area contributed by atoms with Crippen LogP contribution in [0.15, 0.2) is 54.6 Å². The van der Waals surface area contributed by atoms with Crippen LogP contribution in [0.3, 0.4) is 0 Å². The number of aliphatic carboxylic acids is 1. The number of nitrogens with one attached hydrogen (secondary N) is 1. The van der Waals surface area contributed by atoms with E-state index in [1.165, 1.54) is 6.92 Å². The van der Waals surface area contributed by atoms with E-state index in [9.17, 15) is 19.5 Å². The van der Waals surface area contributed by atoms with Crippen molar-refractivity contribution in [3.05, 3.63) is 65.7 Å². The van der Waals surface area contributed by atoms with Crippen molar-refractivity contribution in [2.24, 2.45) is 0 Å². The van der Waals surface area contributed by atoms with Gasteiger partial charge in [-0.1, -0.05) is 54.2 Å². The average molecular weight is 343 g/mol. The third kappa shape index (κ3) is 5.24. The summed E-state index contributed by atoms with van der Waals surface area (Å²) in [6, 6.07) is 15.5. The van der Waals surface area contributed by atoms with E-state index in [2.05, 4.69) is 5.32 Å². The van der Waals surface area contributed by atoms with Crippen LogP contribution >= 0.6 is 11.8 Å². The standard InChI is InChI=1S/C18H17NO4S/c1-12(20)19-15-9-7-13(8-10-15)11-16(17(21)22)24-18(23)14-5-3-2-4-6-14/h2-10,16H,11H2,1H3,(H,19,20)(H,21,22)/t16-/m1/s1. The average Bonchev–Trinajstić information content (AvgIpc) is 2.56. The largest absolute Gasteiger partial charge is 0.480 e. The van der Waals surface area contributed by atoms with Gasteiger partial charge in [-0.3, -0.25) is 14.4 Å². The van der Waals surface area contributed by atoms with E-state index >= 15 is 0 Å². The molecule has 0 saturated heterocycles. The first-order valence-corrected chi connectivity index (χ1v) is 8.19. The fourth-order valence-electron chi connectivity index (χ4n) is 2.09. The predicted octanol–water partition coefficient (Wildman–Crippen LogP) is 3.21. The van der Waals surface area contributed by atoms with Crippen molar-refractivity contribution in [2.75, 3.05) is 5.32 Å². The summed E-state index contributed by atoms with van der Waals surface area (Å²) in [5.74, 6) is -1.20. The number of amides is 1. The Morgan fingerprint density at radius 2 is 1.67 bits per heavy atom. The molecule has 1 amide bonds. The number of carboxylic acid groups (broad SMARTS) is 1. The van der Waals surface area contributed by atoms with Gasteiger partial charge >= 0.3 is 5.97 Å². The number of carboxylic acids is 1. The zero-order valence-corrected chi connectivity index (χ0v) is 13.9. The number of carbonyl (C=O) groups excluding carboxylic acids is 2. The molecule has 0 radical (unpaired) electrons. The molecule has 24 heavy (non-hydrogen) atoms. The van der Waals surface area contributed by atoms with E-state index in [0.29, 0.717) is 11.3 Å². The number of hydrogen-bond donors (Lipinski definition) is 2. The first-order chi connectivity index (χ1) is 11.5. The van der Waals surface area contributed by atoms with Crippen molar-refractivity contribution in [1.29, 1.82) is 0 Å². The molecular weight excluding hydrogens is 326 g/mol. The summed E-state index contributed by atoms with van der Waals surface area (Å²) in [7, 11) is 0. The van der Waals surface area contributed by atoms with Crippen LogP contribution in [0, 0.1) is 0 Å². The third-order valence-electron chi connectivity index (χ3n) is 3.23. The highest BCUT2D eigenvalue weighted by Crippen LogP contribution is 2.22. The van der Waals surface area contributed by atoms with E-state index in [-0.39, 0.29) is 17.4 Å². The van der Waals surface area contributed by atoms with Gasteiger partial charge in [-0.05, 0) is 24.1 Å². The SMILES string of the molecule is CC(=O)Nc1ccc(C[C@@H](SC(=O)c2ccccc2)C(=O)O)cc1. The highest BCUT2D eigenvalue weighted by atomic mass is 32.2. The number of carbonyl (C=O) groups is 3. The number of anilines is 1.